The molecular weight excluding hydrogens is 368 g/mol. The standard InChI is InChI=1S/C21H26N6O2/c1-21(2,3)20-25-24-18-10-9-17(26-27(18)20)22-13-14-6-4-7-15(12-14)23-19(28)16-8-5-11-29-16/h4,6-7,9-10,12,16H,5,8,11,13H2,1-3H3,(H,22,26)(H,23,28). The van der Waals surface area contributed by atoms with Gasteiger partial charge in [0.2, 0.25) is 0 Å². The monoisotopic (exact) mass is 394 g/mol. The maximum atomic E-state index is 12.2. The lowest BCUT2D eigenvalue weighted by Crippen LogP contribution is -2.26. The molecule has 1 saturated heterocycles. The Balaban J connectivity index is 1.44. The molecule has 1 aliphatic rings. The fraction of sp³-hybridized carbons (Fsp3) is 0.429. The maximum Gasteiger partial charge on any atom is 0.253 e. The molecule has 1 unspecified atom stereocenters. The minimum absolute atomic E-state index is 0.0814. The van der Waals surface area contributed by atoms with Crippen LogP contribution < -0.4 is 10.6 Å². The third kappa shape index (κ3) is 4.37. The molecule has 0 spiro atoms. The zero-order chi connectivity index (χ0) is 20.4. The highest BCUT2D eigenvalue weighted by Gasteiger charge is 2.24. The van der Waals surface area contributed by atoms with E-state index >= 15 is 0 Å². The summed E-state index contributed by atoms with van der Waals surface area (Å²) in [6.07, 6.45) is 1.37. The van der Waals surface area contributed by atoms with Gasteiger partial charge in [0.25, 0.3) is 5.91 Å². The normalized spacial score (nSPS) is 16.9. The summed E-state index contributed by atoms with van der Waals surface area (Å²) < 4.78 is 7.22. The lowest BCUT2D eigenvalue weighted by Gasteiger charge is -2.15. The Kier molecular flexibility index (Phi) is 5.19. The first kappa shape index (κ1) is 19.3. The molecule has 1 fully saturated rings. The second-order valence-electron chi connectivity index (χ2n) is 8.31. The van der Waals surface area contributed by atoms with Gasteiger partial charge in [0.05, 0.1) is 0 Å². The van der Waals surface area contributed by atoms with Crippen molar-refractivity contribution in [2.24, 2.45) is 0 Å². The lowest BCUT2D eigenvalue weighted by atomic mass is 9.96. The van der Waals surface area contributed by atoms with E-state index in [2.05, 4.69) is 46.7 Å². The molecule has 1 aliphatic heterocycles. The second-order valence-corrected chi connectivity index (χ2v) is 8.31. The molecular formula is C21H26N6O2. The van der Waals surface area contributed by atoms with Crippen LogP contribution in [0.4, 0.5) is 11.5 Å². The van der Waals surface area contributed by atoms with Crippen molar-refractivity contribution < 1.29 is 9.53 Å². The number of carbonyl (C=O) groups is 1. The fourth-order valence-electron chi connectivity index (χ4n) is 3.31. The highest BCUT2D eigenvalue weighted by Crippen LogP contribution is 2.21. The van der Waals surface area contributed by atoms with Gasteiger partial charge in [0, 0.05) is 24.3 Å². The van der Waals surface area contributed by atoms with E-state index in [0.29, 0.717) is 13.2 Å². The average molecular weight is 394 g/mol. The summed E-state index contributed by atoms with van der Waals surface area (Å²) in [7, 11) is 0. The van der Waals surface area contributed by atoms with E-state index in [1.807, 2.05) is 36.4 Å². The third-order valence-electron chi connectivity index (χ3n) is 4.82. The summed E-state index contributed by atoms with van der Waals surface area (Å²) >= 11 is 0. The molecule has 4 rings (SSSR count). The van der Waals surface area contributed by atoms with Crippen LogP contribution in [0.1, 0.15) is 45.0 Å². The van der Waals surface area contributed by atoms with Gasteiger partial charge in [-0.3, -0.25) is 4.79 Å². The summed E-state index contributed by atoms with van der Waals surface area (Å²) in [6.45, 7) is 7.49. The Hall–Kier alpha value is -3.00. The largest absolute Gasteiger partial charge is 0.368 e. The summed E-state index contributed by atoms with van der Waals surface area (Å²) in [5, 5.41) is 19.4. The Bertz CT molecular complexity index is 1020. The van der Waals surface area contributed by atoms with Gasteiger partial charge < -0.3 is 15.4 Å². The van der Waals surface area contributed by atoms with Crippen molar-refractivity contribution in [3.8, 4) is 0 Å². The van der Waals surface area contributed by atoms with Crippen molar-refractivity contribution in [3.05, 3.63) is 47.8 Å². The molecule has 0 saturated carbocycles. The van der Waals surface area contributed by atoms with Gasteiger partial charge in [-0.05, 0) is 42.7 Å². The number of benzene rings is 1. The van der Waals surface area contributed by atoms with Gasteiger partial charge in [0.15, 0.2) is 11.5 Å². The van der Waals surface area contributed by atoms with Crippen LogP contribution in [-0.2, 0) is 21.5 Å². The molecule has 8 nitrogen and oxygen atoms in total. The van der Waals surface area contributed by atoms with Crippen molar-refractivity contribution in [2.75, 3.05) is 17.2 Å². The number of nitrogens with zero attached hydrogens (tertiary/aromatic N) is 4. The van der Waals surface area contributed by atoms with Crippen LogP contribution in [0, 0.1) is 0 Å². The van der Waals surface area contributed by atoms with Crippen molar-refractivity contribution in [2.45, 2.75) is 51.7 Å². The van der Waals surface area contributed by atoms with Crippen LogP contribution >= 0.6 is 0 Å². The summed E-state index contributed by atoms with van der Waals surface area (Å²) in [6, 6.07) is 11.6. The first-order valence-corrected chi connectivity index (χ1v) is 9.88. The minimum atomic E-state index is -0.339. The molecule has 1 amide bonds. The summed E-state index contributed by atoms with van der Waals surface area (Å²) in [5.74, 6) is 1.47. The molecule has 1 aromatic carbocycles. The van der Waals surface area contributed by atoms with E-state index in [1.54, 1.807) is 4.52 Å². The molecule has 1 atom stereocenters. The van der Waals surface area contributed by atoms with Gasteiger partial charge >= 0.3 is 0 Å². The maximum absolute atomic E-state index is 12.2. The van der Waals surface area contributed by atoms with E-state index in [1.165, 1.54) is 0 Å². The molecule has 8 heteroatoms. The molecule has 2 N–H and O–H groups in total. The van der Waals surface area contributed by atoms with Crippen LogP contribution in [0.15, 0.2) is 36.4 Å². The van der Waals surface area contributed by atoms with Crippen LogP contribution in [0.3, 0.4) is 0 Å². The highest BCUT2D eigenvalue weighted by atomic mass is 16.5. The number of rotatable bonds is 5. The highest BCUT2D eigenvalue weighted by molar-refractivity contribution is 5.94. The lowest BCUT2D eigenvalue weighted by molar-refractivity contribution is -0.124. The number of hydrogen-bond donors (Lipinski definition) is 2. The second kappa shape index (κ2) is 7.79. The molecule has 0 radical (unpaired) electrons. The molecule has 0 bridgehead atoms. The van der Waals surface area contributed by atoms with E-state index in [4.69, 9.17) is 4.74 Å². The number of hydrogen-bond acceptors (Lipinski definition) is 6. The third-order valence-corrected chi connectivity index (χ3v) is 4.82. The van der Waals surface area contributed by atoms with Gasteiger partial charge in [-0.25, -0.2) is 0 Å². The van der Waals surface area contributed by atoms with E-state index in [-0.39, 0.29) is 17.4 Å². The first-order chi connectivity index (χ1) is 13.9. The van der Waals surface area contributed by atoms with Crippen LogP contribution in [0.5, 0.6) is 0 Å². The van der Waals surface area contributed by atoms with E-state index in [0.717, 1.165) is 41.4 Å². The SMILES string of the molecule is CC(C)(C)c1nnc2ccc(NCc3cccc(NC(=O)C4CCCO4)c3)nn12. The minimum Gasteiger partial charge on any atom is -0.368 e. The zero-order valence-electron chi connectivity index (χ0n) is 17.0. The Morgan fingerprint density at radius 3 is 2.86 bits per heavy atom. The predicted molar refractivity (Wildman–Crippen MR) is 111 cm³/mol. The van der Waals surface area contributed by atoms with E-state index < -0.39 is 0 Å². The number of amides is 1. The Labute approximate surface area is 169 Å². The molecule has 3 heterocycles. The van der Waals surface area contributed by atoms with Gasteiger partial charge in [-0.15, -0.1) is 15.3 Å². The molecule has 0 aliphatic carbocycles. The van der Waals surface area contributed by atoms with Crippen LogP contribution in [-0.4, -0.2) is 38.4 Å². The van der Waals surface area contributed by atoms with Crippen molar-refractivity contribution in [1.82, 2.24) is 19.8 Å². The summed E-state index contributed by atoms with van der Waals surface area (Å²) in [5.41, 5.74) is 2.37. The smallest absolute Gasteiger partial charge is 0.253 e. The average Bonchev–Trinajstić information content (AvgIpc) is 3.36. The van der Waals surface area contributed by atoms with Crippen LogP contribution in [0.25, 0.3) is 5.65 Å². The number of carbonyl (C=O) groups excluding carboxylic acids is 1. The number of nitrogens with one attached hydrogen (secondary N) is 2. The number of fused-ring (bicyclic) bond motifs is 1. The number of aromatic nitrogens is 4. The first-order valence-electron chi connectivity index (χ1n) is 9.88. The fourth-order valence-corrected chi connectivity index (χ4v) is 3.31. The van der Waals surface area contributed by atoms with Crippen molar-refractivity contribution >= 4 is 23.1 Å². The number of ether oxygens (including phenoxy) is 1. The molecule has 2 aromatic heterocycles. The molecule has 3 aromatic rings. The van der Waals surface area contributed by atoms with Crippen molar-refractivity contribution in [1.29, 1.82) is 0 Å². The van der Waals surface area contributed by atoms with Gasteiger partial charge in [0.1, 0.15) is 11.9 Å². The topological polar surface area (TPSA) is 93.4 Å². The van der Waals surface area contributed by atoms with E-state index in [9.17, 15) is 4.79 Å². The summed E-state index contributed by atoms with van der Waals surface area (Å²) in [4.78, 5) is 12.2. The molecule has 29 heavy (non-hydrogen) atoms. The Morgan fingerprint density at radius 1 is 1.24 bits per heavy atom. The molecule has 152 valence electrons. The van der Waals surface area contributed by atoms with Crippen LogP contribution in [0.2, 0.25) is 0 Å². The number of anilines is 2. The Morgan fingerprint density at radius 2 is 2.10 bits per heavy atom. The van der Waals surface area contributed by atoms with Gasteiger partial charge in [-0.1, -0.05) is 32.9 Å². The van der Waals surface area contributed by atoms with Crippen molar-refractivity contribution in [3.63, 3.8) is 0 Å². The predicted octanol–water partition coefficient (Wildman–Crippen LogP) is 3.15. The van der Waals surface area contributed by atoms with Gasteiger partial charge in [-0.2, -0.15) is 4.52 Å². The zero-order valence-corrected chi connectivity index (χ0v) is 17.0. The quantitative estimate of drug-likeness (QED) is 0.690.